The lowest BCUT2D eigenvalue weighted by molar-refractivity contribution is 0.0629. The van der Waals surface area contributed by atoms with Crippen molar-refractivity contribution in [2.45, 2.75) is 45.6 Å². The molecule has 2 rings (SSSR count). The number of hydrogen-bond donors (Lipinski definition) is 2. The van der Waals surface area contributed by atoms with E-state index in [0.29, 0.717) is 5.41 Å². The Morgan fingerprint density at radius 3 is 2.20 bits per heavy atom. The lowest BCUT2D eigenvalue weighted by Gasteiger charge is -2.38. The molecule has 0 spiro atoms. The van der Waals surface area contributed by atoms with Crippen molar-refractivity contribution in [2.75, 3.05) is 7.05 Å². The SMILES string of the molecule is CN(C(=O)c1c(O)cccc1O)C1CCC(C)(C)CC1. The fourth-order valence-electron chi connectivity index (χ4n) is 2.86. The predicted molar refractivity (Wildman–Crippen MR) is 77.9 cm³/mol. The summed E-state index contributed by atoms with van der Waals surface area (Å²) >= 11 is 0. The first-order valence-corrected chi connectivity index (χ1v) is 7.10. The zero-order valence-electron chi connectivity index (χ0n) is 12.4. The Hall–Kier alpha value is -1.71. The number of phenolic OH excluding ortho intramolecular Hbond substituents is 2. The van der Waals surface area contributed by atoms with Gasteiger partial charge in [-0.2, -0.15) is 0 Å². The molecule has 1 aromatic rings. The first-order valence-electron chi connectivity index (χ1n) is 7.10. The van der Waals surface area contributed by atoms with Gasteiger partial charge in [0.15, 0.2) is 0 Å². The number of hydrogen-bond acceptors (Lipinski definition) is 3. The minimum Gasteiger partial charge on any atom is -0.507 e. The molecule has 0 aliphatic heterocycles. The van der Waals surface area contributed by atoms with Gasteiger partial charge in [-0.1, -0.05) is 19.9 Å². The van der Waals surface area contributed by atoms with Gasteiger partial charge < -0.3 is 15.1 Å². The molecule has 2 N–H and O–H groups in total. The molecule has 1 fully saturated rings. The molecular weight excluding hydrogens is 254 g/mol. The van der Waals surface area contributed by atoms with Gasteiger partial charge in [-0.15, -0.1) is 0 Å². The Kier molecular flexibility index (Phi) is 3.93. The molecule has 0 saturated heterocycles. The molecular formula is C16H23NO3. The zero-order chi connectivity index (χ0) is 14.9. The molecule has 0 heterocycles. The van der Waals surface area contributed by atoms with E-state index in [1.54, 1.807) is 11.9 Å². The van der Waals surface area contributed by atoms with Gasteiger partial charge in [0, 0.05) is 13.1 Å². The number of carbonyl (C=O) groups excluding carboxylic acids is 1. The molecule has 1 aromatic carbocycles. The summed E-state index contributed by atoms with van der Waals surface area (Å²) in [6, 6.07) is 4.54. The maximum absolute atomic E-state index is 12.5. The normalized spacial score (nSPS) is 18.8. The van der Waals surface area contributed by atoms with E-state index in [0.717, 1.165) is 25.7 Å². The van der Waals surface area contributed by atoms with E-state index in [9.17, 15) is 15.0 Å². The third-order valence-electron chi connectivity index (χ3n) is 4.41. The molecule has 1 aliphatic carbocycles. The van der Waals surface area contributed by atoms with Crippen LogP contribution in [0.5, 0.6) is 11.5 Å². The molecule has 110 valence electrons. The van der Waals surface area contributed by atoms with Crippen molar-refractivity contribution in [2.24, 2.45) is 5.41 Å². The van der Waals surface area contributed by atoms with E-state index in [2.05, 4.69) is 13.8 Å². The monoisotopic (exact) mass is 277 g/mol. The summed E-state index contributed by atoms with van der Waals surface area (Å²) in [5.41, 5.74) is 0.345. The van der Waals surface area contributed by atoms with Gasteiger partial charge >= 0.3 is 0 Å². The van der Waals surface area contributed by atoms with Crippen LogP contribution in [-0.4, -0.2) is 34.1 Å². The predicted octanol–water partition coefficient (Wildman–Crippen LogP) is 3.14. The highest BCUT2D eigenvalue weighted by molar-refractivity contribution is 5.99. The van der Waals surface area contributed by atoms with Gasteiger partial charge in [-0.3, -0.25) is 4.79 Å². The molecule has 1 amide bonds. The van der Waals surface area contributed by atoms with Crippen LogP contribution in [0.3, 0.4) is 0 Å². The van der Waals surface area contributed by atoms with Crippen LogP contribution in [0.15, 0.2) is 18.2 Å². The highest BCUT2D eigenvalue weighted by Gasteiger charge is 2.32. The summed E-state index contributed by atoms with van der Waals surface area (Å²) in [7, 11) is 1.75. The van der Waals surface area contributed by atoms with Crippen LogP contribution in [0, 0.1) is 5.41 Å². The molecule has 0 aromatic heterocycles. The fourth-order valence-corrected chi connectivity index (χ4v) is 2.86. The van der Waals surface area contributed by atoms with Crippen molar-refractivity contribution in [3.05, 3.63) is 23.8 Å². The number of carbonyl (C=O) groups is 1. The second kappa shape index (κ2) is 5.35. The summed E-state index contributed by atoms with van der Waals surface area (Å²) in [6.45, 7) is 4.50. The van der Waals surface area contributed by atoms with Crippen LogP contribution in [0.1, 0.15) is 49.9 Å². The van der Waals surface area contributed by atoms with Gasteiger partial charge in [0.2, 0.25) is 0 Å². The van der Waals surface area contributed by atoms with Gasteiger partial charge in [0.1, 0.15) is 17.1 Å². The van der Waals surface area contributed by atoms with Crippen molar-refractivity contribution < 1.29 is 15.0 Å². The number of phenols is 2. The summed E-state index contributed by atoms with van der Waals surface area (Å²) in [4.78, 5) is 14.1. The van der Waals surface area contributed by atoms with Crippen molar-refractivity contribution in [1.82, 2.24) is 4.90 Å². The maximum Gasteiger partial charge on any atom is 0.261 e. The van der Waals surface area contributed by atoms with Crippen LogP contribution in [0.2, 0.25) is 0 Å². The molecule has 1 aliphatic rings. The second-order valence-electron chi connectivity index (χ2n) is 6.48. The average Bonchev–Trinajstić information content (AvgIpc) is 2.37. The number of amides is 1. The fraction of sp³-hybridized carbons (Fsp3) is 0.562. The molecule has 0 bridgehead atoms. The smallest absolute Gasteiger partial charge is 0.261 e. The maximum atomic E-state index is 12.5. The topological polar surface area (TPSA) is 60.8 Å². The third kappa shape index (κ3) is 2.89. The molecule has 0 atom stereocenters. The van der Waals surface area contributed by atoms with E-state index in [4.69, 9.17) is 0 Å². The average molecular weight is 277 g/mol. The minimum absolute atomic E-state index is 0.000154. The zero-order valence-corrected chi connectivity index (χ0v) is 12.4. The molecule has 20 heavy (non-hydrogen) atoms. The van der Waals surface area contributed by atoms with Crippen molar-refractivity contribution in [1.29, 1.82) is 0 Å². The van der Waals surface area contributed by atoms with E-state index < -0.39 is 0 Å². The first-order chi connectivity index (χ1) is 9.32. The Balaban J connectivity index is 2.14. The standard InChI is InChI=1S/C16H23NO3/c1-16(2)9-7-11(8-10-16)17(3)15(20)14-12(18)5-4-6-13(14)19/h4-6,11,18-19H,7-10H2,1-3H3. The number of aromatic hydroxyl groups is 2. The number of nitrogens with zero attached hydrogens (tertiary/aromatic N) is 1. The number of rotatable bonds is 2. The Morgan fingerprint density at radius 2 is 1.70 bits per heavy atom. The highest BCUT2D eigenvalue weighted by atomic mass is 16.3. The van der Waals surface area contributed by atoms with Gasteiger partial charge in [-0.25, -0.2) is 0 Å². The molecule has 0 radical (unpaired) electrons. The van der Waals surface area contributed by atoms with Crippen LogP contribution in [0.4, 0.5) is 0 Å². The summed E-state index contributed by atoms with van der Waals surface area (Å²) in [6.07, 6.45) is 4.09. The van der Waals surface area contributed by atoms with Crippen LogP contribution in [-0.2, 0) is 0 Å². The third-order valence-corrected chi connectivity index (χ3v) is 4.41. The summed E-state index contributed by atoms with van der Waals surface area (Å²) in [5, 5.41) is 19.6. The van der Waals surface area contributed by atoms with Crippen molar-refractivity contribution >= 4 is 5.91 Å². The molecule has 0 unspecified atom stereocenters. The first kappa shape index (κ1) is 14.7. The lowest BCUT2D eigenvalue weighted by Crippen LogP contribution is -2.40. The Bertz CT molecular complexity index is 480. The highest BCUT2D eigenvalue weighted by Crippen LogP contribution is 2.37. The number of benzene rings is 1. The minimum atomic E-state index is -0.315. The van der Waals surface area contributed by atoms with Gasteiger partial charge in [-0.05, 0) is 43.2 Å². The van der Waals surface area contributed by atoms with Crippen LogP contribution >= 0.6 is 0 Å². The van der Waals surface area contributed by atoms with E-state index in [1.165, 1.54) is 18.2 Å². The largest absolute Gasteiger partial charge is 0.507 e. The quantitative estimate of drug-likeness (QED) is 0.873. The Morgan fingerprint density at radius 1 is 1.20 bits per heavy atom. The van der Waals surface area contributed by atoms with Crippen LogP contribution < -0.4 is 0 Å². The Labute approximate surface area is 120 Å². The van der Waals surface area contributed by atoms with Gasteiger partial charge in [0.25, 0.3) is 5.91 Å². The van der Waals surface area contributed by atoms with Crippen LogP contribution in [0.25, 0.3) is 0 Å². The van der Waals surface area contributed by atoms with E-state index >= 15 is 0 Å². The van der Waals surface area contributed by atoms with Crippen molar-refractivity contribution in [3.63, 3.8) is 0 Å². The van der Waals surface area contributed by atoms with Crippen molar-refractivity contribution in [3.8, 4) is 11.5 Å². The molecule has 4 nitrogen and oxygen atoms in total. The van der Waals surface area contributed by atoms with E-state index in [1.807, 2.05) is 0 Å². The lowest BCUT2D eigenvalue weighted by atomic mass is 9.75. The summed E-state index contributed by atoms with van der Waals surface area (Å²) < 4.78 is 0. The molecule has 4 heteroatoms. The summed E-state index contributed by atoms with van der Waals surface area (Å²) in [5.74, 6) is -0.652. The van der Waals surface area contributed by atoms with E-state index in [-0.39, 0.29) is 29.0 Å². The molecule has 1 saturated carbocycles. The second-order valence-corrected chi connectivity index (χ2v) is 6.48. The van der Waals surface area contributed by atoms with Gasteiger partial charge in [0.05, 0.1) is 0 Å².